The van der Waals surface area contributed by atoms with Gasteiger partial charge in [0.05, 0.1) is 7.11 Å². The Morgan fingerprint density at radius 1 is 1.33 bits per heavy atom. The van der Waals surface area contributed by atoms with Crippen molar-refractivity contribution in [2.24, 2.45) is 0 Å². The van der Waals surface area contributed by atoms with Crippen LogP contribution in [0.3, 0.4) is 0 Å². The van der Waals surface area contributed by atoms with Gasteiger partial charge >= 0.3 is 0 Å². The van der Waals surface area contributed by atoms with E-state index in [9.17, 15) is 4.39 Å². The molecule has 0 aromatic heterocycles. The first-order valence-corrected chi connectivity index (χ1v) is 2.63. The summed E-state index contributed by atoms with van der Waals surface area (Å²) >= 11 is 0. The number of ether oxygens (including phenoxy) is 1. The third-order valence-electron chi connectivity index (χ3n) is 1.06. The highest BCUT2D eigenvalue weighted by Crippen LogP contribution is 2.13. The van der Waals surface area contributed by atoms with Crippen LogP contribution in [0.2, 0.25) is 0 Å². The van der Waals surface area contributed by atoms with Gasteiger partial charge in [0, 0.05) is 0 Å². The van der Waals surface area contributed by atoms with Crippen LogP contribution in [-0.2, 0) is 0 Å². The molecular weight excluding hydrogens is 118 g/mol. The van der Waals surface area contributed by atoms with Crippen molar-refractivity contribution >= 4 is 0 Å². The Morgan fingerprint density at radius 3 is 2.44 bits per heavy atom. The zero-order valence-corrected chi connectivity index (χ0v) is 5.10. The van der Waals surface area contributed by atoms with E-state index in [2.05, 4.69) is 4.74 Å². The lowest BCUT2D eigenvalue weighted by Gasteiger charge is -1.97. The monoisotopic (exact) mass is 125 g/mol. The molecule has 1 aromatic rings. The molecule has 0 aliphatic carbocycles. The third-order valence-corrected chi connectivity index (χ3v) is 1.06. The van der Waals surface area contributed by atoms with Crippen LogP contribution in [0.15, 0.2) is 24.3 Å². The van der Waals surface area contributed by atoms with E-state index in [1.54, 1.807) is 18.2 Å². The molecule has 0 saturated carbocycles. The number of benzene rings is 1. The largest absolute Gasteiger partial charge is 0.494 e. The molecule has 1 nitrogen and oxygen atoms in total. The third kappa shape index (κ3) is 1.19. The number of halogens is 1. The summed E-state index contributed by atoms with van der Waals surface area (Å²) in [5.74, 6) is -0.0301. The summed E-state index contributed by atoms with van der Waals surface area (Å²) in [6.07, 6.45) is 0. The molecule has 0 radical (unpaired) electrons. The Kier molecular flexibility index (Phi) is 1.68. The van der Waals surface area contributed by atoms with E-state index in [1.165, 1.54) is 13.2 Å². The van der Waals surface area contributed by atoms with Gasteiger partial charge in [-0.1, -0.05) is 12.1 Å². The molecule has 0 spiro atoms. The van der Waals surface area contributed by atoms with Crippen molar-refractivity contribution in [1.29, 1.82) is 0 Å². The van der Waals surface area contributed by atoms with Crippen molar-refractivity contribution in [3.05, 3.63) is 30.1 Å². The number of rotatable bonds is 1. The van der Waals surface area contributed by atoms with Crippen molar-refractivity contribution in [2.75, 3.05) is 7.11 Å². The van der Waals surface area contributed by atoms with Crippen molar-refractivity contribution < 1.29 is 9.13 Å². The van der Waals surface area contributed by atoms with Crippen LogP contribution in [0.25, 0.3) is 0 Å². The molecule has 0 bridgehead atoms. The zero-order valence-electron chi connectivity index (χ0n) is 5.10. The minimum atomic E-state index is -0.319. The predicted octanol–water partition coefficient (Wildman–Crippen LogP) is 1.83. The van der Waals surface area contributed by atoms with E-state index in [1.807, 2.05) is 0 Å². The first kappa shape index (κ1) is 6.08. The number of hydrogen-bond donors (Lipinski definition) is 0. The molecule has 2 heteroatoms. The lowest BCUT2D eigenvalue weighted by atomic mass is 10.3. The van der Waals surface area contributed by atoms with Crippen molar-refractivity contribution in [1.82, 2.24) is 0 Å². The van der Waals surface area contributed by atoms with E-state index in [4.69, 9.17) is 0 Å². The summed E-state index contributed by atoms with van der Waals surface area (Å²) in [5, 5.41) is 0. The fraction of sp³-hybridized carbons (Fsp3) is 0.143. The summed E-state index contributed by atoms with van der Waals surface area (Å²) in [6, 6.07) is 6.29. The molecule has 0 heterocycles. The Morgan fingerprint density at radius 2 is 2.00 bits per heavy atom. The normalized spacial score (nSPS) is 9.11. The van der Waals surface area contributed by atoms with Crippen molar-refractivity contribution in [3.63, 3.8) is 0 Å². The van der Waals surface area contributed by atoms with Gasteiger partial charge < -0.3 is 4.74 Å². The molecule has 1 aromatic carbocycles. The van der Waals surface area contributed by atoms with Crippen LogP contribution in [0.5, 0.6) is 5.75 Å². The smallest absolute Gasteiger partial charge is 0.165 e. The van der Waals surface area contributed by atoms with Crippen LogP contribution < -0.4 is 4.74 Å². The van der Waals surface area contributed by atoms with Gasteiger partial charge in [-0.25, -0.2) is 4.39 Å². The van der Waals surface area contributed by atoms with E-state index in [0.717, 1.165) is 0 Å². The highest BCUT2D eigenvalue weighted by Gasteiger charge is 1.95. The molecule has 0 saturated heterocycles. The maximum absolute atomic E-state index is 12.5. The topological polar surface area (TPSA) is 9.23 Å². The highest BCUT2D eigenvalue weighted by atomic mass is 18.2. The van der Waals surface area contributed by atoms with E-state index < -0.39 is 0 Å². The summed E-state index contributed by atoms with van der Waals surface area (Å²) in [4.78, 5) is 0. The molecule has 0 N–H and O–H groups in total. The minimum absolute atomic E-state index is 0.289. The standard InChI is InChI=1S/C7H7FO/c1-9-7-5-3-2-4-6(7)8/h2-5H,1H3/i8-1. The molecule has 0 amide bonds. The summed E-state index contributed by atoms with van der Waals surface area (Å²) in [5.41, 5.74) is 0. The van der Waals surface area contributed by atoms with Gasteiger partial charge in [0.25, 0.3) is 0 Å². The zero-order chi connectivity index (χ0) is 6.69. The number of para-hydroxylation sites is 1. The lowest BCUT2D eigenvalue weighted by Crippen LogP contribution is -1.85. The Hall–Kier alpha value is -1.05. The summed E-state index contributed by atoms with van der Waals surface area (Å²) in [7, 11) is 1.44. The number of hydrogen-bond acceptors (Lipinski definition) is 1. The van der Waals surface area contributed by atoms with Crippen LogP contribution in [0.4, 0.5) is 4.39 Å². The lowest BCUT2D eigenvalue weighted by molar-refractivity contribution is 0.386. The molecule has 0 unspecified atom stereocenters. The average Bonchev–Trinajstić information content (AvgIpc) is 1.89. The first-order chi connectivity index (χ1) is 4.34. The fourth-order valence-electron chi connectivity index (χ4n) is 0.610. The molecule has 9 heavy (non-hydrogen) atoms. The quantitative estimate of drug-likeness (QED) is 0.556. The molecule has 0 fully saturated rings. The van der Waals surface area contributed by atoms with Crippen LogP contribution in [0, 0.1) is 5.82 Å². The fourth-order valence-corrected chi connectivity index (χ4v) is 0.610. The van der Waals surface area contributed by atoms with Gasteiger partial charge in [0.2, 0.25) is 0 Å². The molecule has 0 atom stereocenters. The molecule has 0 aliphatic rings. The molecule has 0 aliphatic heterocycles. The number of methoxy groups -OCH3 is 1. The maximum Gasteiger partial charge on any atom is 0.165 e. The summed E-state index contributed by atoms with van der Waals surface area (Å²) in [6.45, 7) is 0. The van der Waals surface area contributed by atoms with Gasteiger partial charge in [-0.3, -0.25) is 0 Å². The predicted molar refractivity (Wildman–Crippen MR) is 33.0 cm³/mol. The maximum atomic E-state index is 12.5. The van der Waals surface area contributed by atoms with Crippen molar-refractivity contribution in [2.45, 2.75) is 0 Å². The molecule has 1 rings (SSSR count). The van der Waals surface area contributed by atoms with Gasteiger partial charge in [-0.05, 0) is 12.1 Å². The highest BCUT2D eigenvalue weighted by molar-refractivity contribution is 5.23. The van der Waals surface area contributed by atoms with Gasteiger partial charge in [0.1, 0.15) is 0 Å². The van der Waals surface area contributed by atoms with Gasteiger partial charge in [0.15, 0.2) is 11.6 Å². The molecule has 48 valence electrons. The van der Waals surface area contributed by atoms with E-state index in [-0.39, 0.29) is 11.6 Å². The van der Waals surface area contributed by atoms with E-state index >= 15 is 0 Å². The second kappa shape index (κ2) is 2.49. The van der Waals surface area contributed by atoms with Crippen LogP contribution >= 0.6 is 0 Å². The van der Waals surface area contributed by atoms with E-state index in [0.29, 0.717) is 0 Å². The SMILES string of the molecule is COc1ccccc1[18F]. The van der Waals surface area contributed by atoms with Gasteiger partial charge in [-0.2, -0.15) is 0 Å². The second-order valence-corrected chi connectivity index (χ2v) is 1.63. The molecular formula is C7H7FO. The van der Waals surface area contributed by atoms with Crippen molar-refractivity contribution in [3.8, 4) is 5.75 Å². The summed E-state index contributed by atoms with van der Waals surface area (Å²) < 4.78 is 17.1. The Balaban J connectivity index is 3.01. The Bertz CT molecular complexity index is 198. The van der Waals surface area contributed by atoms with Crippen LogP contribution in [-0.4, -0.2) is 7.11 Å². The minimum Gasteiger partial charge on any atom is -0.494 e. The first-order valence-electron chi connectivity index (χ1n) is 2.63. The second-order valence-electron chi connectivity index (χ2n) is 1.63. The Labute approximate surface area is 53.1 Å². The average molecular weight is 125 g/mol. The van der Waals surface area contributed by atoms with Gasteiger partial charge in [-0.15, -0.1) is 0 Å². The van der Waals surface area contributed by atoms with Crippen LogP contribution in [0.1, 0.15) is 0 Å².